The molecule has 2 aromatic rings. The maximum atomic E-state index is 8.69. The van der Waals surface area contributed by atoms with Gasteiger partial charge in [0.05, 0.1) is 0 Å². The van der Waals surface area contributed by atoms with Crippen LogP contribution in [0.5, 0.6) is 0 Å². The molecule has 2 aromatic carbocycles. The highest BCUT2D eigenvalue weighted by Crippen LogP contribution is 2.26. The number of hydrogen-bond donors (Lipinski definition) is 3. The summed E-state index contributed by atoms with van der Waals surface area (Å²) in [6.45, 7) is 0.646. The number of oxime groups is 1. The first kappa shape index (κ1) is 14.9. The average molecular weight is 399 g/mol. The van der Waals surface area contributed by atoms with Crippen LogP contribution in [0.1, 0.15) is 11.1 Å². The van der Waals surface area contributed by atoms with E-state index in [0.29, 0.717) is 12.1 Å². The van der Waals surface area contributed by atoms with Gasteiger partial charge in [-0.15, -0.1) is 0 Å². The summed E-state index contributed by atoms with van der Waals surface area (Å²) in [6, 6.07) is 13.5. The number of amidine groups is 1. The fraction of sp³-hybridized carbons (Fsp3) is 0.0714. The molecule has 104 valence electrons. The molecule has 2 rings (SSSR count). The van der Waals surface area contributed by atoms with E-state index in [1.165, 1.54) is 0 Å². The highest BCUT2D eigenvalue weighted by molar-refractivity contribution is 9.11. The number of nitrogens with two attached hydrogens (primary N) is 1. The molecule has 0 radical (unpaired) electrons. The van der Waals surface area contributed by atoms with E-state index < -0.39 is 0 Å². The molecule has 20 heavy (non-hydrogen) atoms. The van der Waals surface area contributed by atoms with Crippen molar-refractivity contribution < 1.29 is 5.21 Å². The Balaban J connectivity index is 2.11. The summed E-state index contributed by atoms with van der Waals surface area (Å²) < 4.78 is 2.00. The molecular weight excluding hydrogens is 386 g/mol. The second-order valence-electron chi connectivity index (χ2n) is 4.16. The standard InChI is InChI=1S/C14H13Br2N3O/c15-11-4-5-13(12(16)7-11)18-8-9-2-1-3-10(6-9)14(17)19-20/h1-7,18,20H,8H2,(H2,17,19). The predicted octanol–water partition coefficient (Wildman–Crippen LogP) is 3.92. The lowest BCUT2D eigenvalue weighted by atomic mass is 10.1. The molecule has 0 spiro atoms. The summed E-state index contributed by atoms with van der Waals surface area (Å²) >= 11 is 6.92. The van der Waals surface area contributed by atoms with Gasteiger partial charge >= 0.3 is 0 Å². The smallest absolute Gasteiger partial charge is 0.170 e. The predicted molar refractivity (Wildman–Crippen MR) is 88.1 cm³/mol. The molecular formula is C14H13Br2N3O. The fourth-order valence-corrected chi connectivity index (χ4v) is 2.92. The zero-order valence-electron chi connectivity index (χ0n) is 10.5. The Morgan fingerprint density at radius 3 is 2.70 bits per heavy atom. The van der Waals surface area contributed by atoms with E-state index in [-0.39, 0.29) is 5.84 Å². The number of rotatable bonds is 4. The van der Waals surface area contributed by atoms with Gasteiger partial charge in [-0.05, 0) is 45.8 Å². The molecule has 0 bridgehead atoms. The normalized spacial score (nSPS) is 11.4. The van der Waals surface area contributed by atoms with Crippen molar-refractivity contribution in [2.24, 2.45) is 10.9 Å². The number of benzene rings is 2. The zero-order chi connectivity index (χ0) is 14.5. The summed E-state index contributed by atoms with van der Waals surface area (Å²) in [5.74, 6) is 0.108. The molecule has 0 unspecified atom stereocenters. The summed E-state index contributed by atoms with van der Waals surface area (Å²) in [6.07, 6.45) is 0. The molecule has 0 aromatic heterocycles. The van der Waals surface area contributed by atoms with E-state index >= 15 is 0 Å². The van der Waals surface area contributed by atoms with E-state index in [2.05, 4.69) is 42.3 Å². The van der Waals surface area contributed by atoms with Crippen LogP contribution in [-0.4, -0.2) is 11.0 Å². The fourth-order valence-electron chi connectivity index (χ4n) is 1.73. The summed E-state index contributed by atoms with van der Waals surface area (Å²) in [4.78, 5) is 0. The third-order valence-corrected chi connectivity index (χ3v) is 3.89. The molecule has 0 saturated heterocycles. The van der Waals surface area contributed by atoms with Crippen molar-refractivity contribution in [3.05, 3.63) is 62.5 Å². The van der Waals surface area contributed by atoms with Gasteiger partial charge in [0.25, 0.3) is 0 Å². The Bertz CT molecular complexity index is 644. The minimum absolute atomic E-state index is 0.108. The maximum absolute atomic E-state index is 8.69. The first-order valence-corrected chi connectivity index (χ1v) is 7.44. The van der Waals surface area contributed by atoms with Crippen LogP contribution in [0.15, 0.2) is 56.6 Å². The van der Waals surface area contributed by atoms with Gasteiger partial charge in [0.15, 0.2) is 5.84 Å². The lowest BCUT2D eigenvalue weighted by molar-refractivity contribution is 0.318. The van der Waals surface area contributed by atoms with Crippen LogP contribution >= 0.6 is 31.9 Å². The largest absolute Gasteiger partial charge is 0.409 e. The molecule has 0 fully saturated rings. The molecule has 0 heterocycles. The van der Waals surface area contributed by atoms with Crippen LogP contribution in [-0.2, 0) is 6.54 Å². The molecule has 0 atom stereocenters. The third kappa shape index (κ3) is 3.74. The van der Waals surface area contributed by atoms with Gasteiger partial charge in [0, 0.05) is 26.7 Å². The summed E-state index contributed by atoms with van der Waals surface area (Å²) in [5, 5.41) is 15.0. The first-order chi connectivity index (χ1) is 9.60. The Kier molecular flexibility index (Phi) is 5.03. The van der Waals surface area contributed by atoms with E-state index in [9.17, 15) is 0 Å². The van der Waals surface area contributed by atoms with Gasteiger partial charge in [-0.3, -0.25) is 0 Å². The SMILES string of the molecule is NC(=NO)c1cccc(CNc2ccc(Br)cc2Br)c1. The van der Waals surface area contributed by atoms with Crippen molar-refractivity contribution in [1.82, 2.24) is 0 Å². The molecule has 0 saturated carbocycles. The van der Waals surface area contributed by atoms with Gasteiger partial charge in [0.1, 0.15) is 0 Å². The molecule has 0 aliphatic carbocycles. The number of nitrogens with zero attached hydrogens (tertiary/aromatic N) is 1. The Labute approximate surface area is 133 Å². The van der Waals surface area contributed by atoms with Gasteiger partial charge in [-0.25, -0.2) is 0 Å². The van der Waals surface area contributed by atoms with Gasteiger partial charge < -0.3 is 16.3 Å². The zero-order valence-corrected chi connectivity index (χ0v) is 13.6. The summed E-state index contributed by atoms with van der Waals surface area (Å²) in [7, 11) is 0. The van der Waals surface area contributed by atoms with Gasteiger partial charge in [-0.1, -0.05) is 39.3 Å². The van der Waals surface area contributed by atoms with Crippen molar-refractivity contribution in [1.29, 1.82) is 0 Å². The Morgan fingerprint density at radius 2 is 2.00 bits per heavy atom. The minimum atomic E-state index is 0.108. The average Bonchev–Trinajstić information content (AvgIpc) is 2.46. The second kappa shape index (κ2) is 6.76. The van der Waals surface area contributed by atoms with Crippen molar-refractivity contribution in [3.8, 4) is 0 Å². The van der Waals surface area contributed by atoms with Gasteiger partial charge in [-0.2, -0.15) is 0 Å². The molecule has 0 aliphatic heterocycles. The lowest BCUT2D eigenvalue weighted by Crippen LogP contribution is -2.13. The van der Waals surface area contributed by atoms with Crippen LogP contribution in [0, 0.1) is 0 Å². The summed E-state index contributed by atoms with van der Waals surface area (Å²) in [5.41, 5.74) is 8.32. The van der Waals surface area contributed by atoms with Crippen LogP contribution in [0.4, 0.5) is 5.69 Å². The monoisotopic (exact) mass is 397 g/mol. The van der Waals surface area contributed by atoms with E-state index in [0.717, 1.165) is 20.2 Å². The molecule has 4 nitrogen and oxygen atoms in total. The molecule has 6 heteroatoms. The minimum Gasteiger partial charge on any atom is -0.409 e. The highest BCUT2D eigenvalue weighted by atomic mass is 79.9. The Hall–Kier alpha value is -1.53. The Morgan fingerprint density at radius 1 is 1.20 bits per heavy atom. The molecule has 0 amide bonds. The van der Waals surface area contributed by atoms with Crippen LogP contribution in [0.25, 0.3) is 0 Å². The molecule has 4 N–H and O–H groups in total. The second-order valence-corrected chi connectivity index (χ2v) is 5.93. The quantitative estimate of drug-likeness (QED) is 0.316. The first-order valence-electron chi connectivity index (χ1n) is 5.86. The highest BCUT2D eigenvalue weighted by Gasteiger charge is 2.03. The van der Waals surface area contributed by atoms with Crippen molar-refractivity contribution >= 4 is 43.4 Å². The lowest BCUT2D eigenvalue weighted by Gasteiger charge is -2.10. The number of hydrogen-bond acceptors (Lipinski definition) is 3. The number of nitrogens with one attached hydrogen (secondary N) is 1. The van der Waals surface area contributed by atoms with Crippen molar-refractivity contribution in [2.45, 2.75) is 6.54 Å². The van der Waals surface area contributed by atoms with Gasteiger partial charge in [0.2, 0.25) is 0 Å². The topological polar surface area (TPSA) is 70.6 Å². The van der Waals surface area contributed by atoms with Crippen LogP contribution in [0.2, 0.25) is 0 Å². The van der Waals surface area contributed by atoms with E-state index in [1.807, 2.05) is 36.4 Å². The number of anilines is 1. The molecule has 0 aliphatic rings. The van der Waals surface area contributed by atoms with Crippen molar-refractivity contribution in [2.75, 3.05) is 5.32 Å². The van der Waals surface area contributed by atoms with Crippen LogP contribution < -0.4 is 11.1 Å². The maximum Gasteiger partial charge on any atom is 0.170 e. The number of halogens is 2. The van der Waals surface area contributed by atoms with E-state index in [4.69, 9.17) is 10.9 Å². The van der Waals surface area contributed by atoms with Crippen LogP contribution in [0.3, 0.4) is 0 Å². The van der Waals surface area contributed by atoms with Crippen molar-refractivity contribution in [3.63, 3.8) is 0 Å². The van der Waals surface area contributed by atoms with E-state index in [1.54, 1.807) is 6.07 Å². The third-order valence-electron chi connectivity index (χ3n) is 2.74.